The lowest BCUT2D eigenvalue weighted by Gasteiger charge is -2.39. The van der Waals surface area contributed by atoms with Gasteiger partial charge in [0, 0.05) is 32.2 Å². The molecule has 2 unspecified atom stereocenters. The predicted octanol–water partition coefficient (Wildman–Crippen LogP) is 3.18. The highest BCUT2D eigenvalue weighted by Gasteiger charge is 2.28. The number of hydrogen-bond donors (Lipinski definition) is 1. The molecule has 3 aliphatic heterocycles. The number of rotatable bonds is 4. The van der Waals surface area contributed by atoms with Gasteiger partial charge in [-0.25, -0.2) is 0 Å². The Morgan fingerprint density at radius 3 is 2.56 bits per heavy atom. The number of allylic oxidation sites excluding steroid dienone is 4. The molecular weight excluding hydrogens is 356 g/mol. The zero-order valence-corrected chi connectivity index (χ0v) is 17.3. The molecule has 0 spiro atoms. The highest BCUT2D eigenvalue weighted by Crippen LogP contribution is 2.24. The molecule has 2 atom stereocenters. The van der Waals surface area contributed by atoms with Crippen molar-refractivity contribution in [3.63, 3.8) is 0 Å². The number of halogens is 1. The molecule has 4 aliphatic rings. The summed E-state index contributed by atoms with van der Waals surface area (Å²) in [5.74, 6) is 0. The standard InChI is InChI=1S/C22H35ClN4/c23-21-7-2-1-6-19(21)18-25-14-9-20(10-15-25)26-12-5-13-27(17-16-26)22-8-3-4-11-24-22/h1-2,4,6,11,20-22,24H,3,5,7-10,12-18H2. The first-order chi connectivity index (χ1) is 13.3. The summed E-state index contributed by atoms with van der Waals surface area (Å²) in [5.41, 5.74) is 1.40. The molecule has 2 fully saturated rings. The van der Waals surface area contributed by atoms with E-state index in [0.717, 1.165) is 19.0 Å². The van der Waals surface area contributed by atoms with Gasteiger partial charge >= 0.3 is 0 Å². The molecule has 1 N–H and O–H groups in total. The third kappa shape index (κ3) is 5.17. The molecule has 0 aromatic rings. The number of likely N-dealkylation sites (tertiary alicyclic amines) is 1. The van der Waals surface area contributed by atoms with Crippen LogP contribution in [0, 0.1) is 0 Å². The van der Waals surface area contributed by atoms with Crippen molar-refractivity contribution < 1.29 is 0 Å². The van der Waals surface area contributed by atoms with E-state index in [0.29, 0.717) is 6.17 Å². The van der Waals surface area contributed by atoms with E-state index in [2.05, 4.69) is 50.5 Å². The number of nitrogens with one attached hydrogen (secondary N) is 1. The maximum absolute atomic E-state index is 6.48. The van der Waals surface area contributed by atoms with Crippen molar-refractivity contribution in [3.05, 3.63) is 36.1 Å². The molecule has 0 radical (unpaired) electrons. The number of nitrogens with zero attached hydrogens (tertiary/aromatic N) is 3. The van der Waals surface area contributed by atoms with Crippen LogP contribution in [0.2, 0.25) is 0 Å². The van der Waals surface area contributed by atoms with Crippen LogP contribution in [0.4, 0.5) is 0 Å². The van der Waals surface area contributed by atoms with Crippen LogP contribution in [-0.4, -0.2) is 78.1 Å². The van der Waals surface area contributed by atoms with Gasteiger partial charge in [0.1, 0.15) is 0 Å². The van der Waals surface area contributed by atoms with Crippen LogP contribution < -0.4 is 5.32 Å². The first-order valence-electron chi connectivity index (χ1n) is 10.9. The van der Waals surface area contributed by atoms with E-state index in [4.69, 9.17) is 11.6 Å². The molecular formula is C22H35ClN4. The first kappa shape index (κ1) is 19.5. The molecule has 4 nitrogen and oxygen atoms in total. The quantitative estimate of drug-likeness (QED) is 0.744. The van der Waals surface area contributed by atoms with Crippen molar-refractivity contribution >= 4 is 11.6 Å². The average Bonchev–Trinajstić information content (AvgIpc) is 2.97. The smallest absolute Gasteiger partial charge is 0.0791 e. The number of alkyl halides is 1. The molecule has 27 heavy (non-hydrogen) atoms. The lowest BCUT2D eigenvalue weighted by atomic mass is 9.99. The summed E-state index contributed by atoms with van der Waals surface area (Å²) < 4.78 is 0. The summed E-state index contributed by atoms with van der Waals surface area (Å²) in [7, 11) is 0. The van der Waals surface area contributed by atoms with Crippen molar-refractivity contribution in [2.45, 2.75) is 56.1 Å². The Kier molecular flexibility index (Phi) is 6.93. The predicted molar refractivity (Wildman–Crippen MR) is 114 cm³/mol. The fraction of sp³-hybridized carbons (Fsp3) is 0.727. The Hall–Kier alpha value is -0.810. The van der Waals surface area contributed by atoms with Crippen LogP contribution in [-0.2, 0) is 0 Å². The Morgan fingerprint density at radius 2 is 1.78 bits per heavy atom. The average molecular weight is 391 g/mol. The molecule has 5 heteroatoms. The maximum atomic E-state index is 6.48. The molecule has 3 heterocycles. The fourth-order valence-electron chi connectivity index (χ4n) is 5.02. The molecule has 0 bridgehead atoms. The second-order valence-corrected chi connectivity index (χ2v) is 8.99. The third-order valence-corrected chi connectivity index (χ3v) is 7.15. The lowest BCUT2D eigenvalue weighted by Crippen LogP contribution is -2.48. The molecule has 1 aliphatic carbocycles. The van der Waals surface area contributed by atoms with E-state index in [1.54, 1.807) is 0 Å². The van der Waals surface area contributed by atoms with E-state index in [1.165, 1.54) is 76.9 Å². The molecule has 4 rings (SSSR count). The zero-order chi connectivity index (χ0) is 18.5. The van der Waals surface area contributed by atoms with Crippen LogP contribution in [0.3, 0.4) is 0 Å². The fourth-order valence-corrected chi connectivity index (χ4v) is 5.26. The van der Waals surface area contributed by atoms with Gasteiger partial charge in [0.05, 0.1) is 11.5 Å². The van der Waals surface area contributed by atoms with Crippen LogP contribution in [0.5, 0.6) is 0 Å². The summed E-state index contributed by atoms with van der Waals surface area (Å²) in [5, 5.41) is 3.76. The van der Waals surface area contributed by atoms with E-state index < -0.39 is 0 Å². The Morgan fingerprint density at radius 1 is 0.963 bits per heavy atom. The van der Waals surface area contributed by atoms with Crippen molar-refractivity contribution in [1.29, 1.82) is 0 Å². The highest BCUT2D eigenvalue weighted by atomic mass is 35.5. The minimum atomic E-state index is 0.201. The molecule has 0 aromatic carbocycles. The molecule has 0 aromatic heterocycles. The van der Waals surface area contributed by atoms with Gasteiger partial charge in [-0.15, -0.1) is 11.6 Å². The normalized spacial score (nSPS) is 32.1. The SMILES string of the molecule is ClC1CC=CC=C1CN1CCC(N2CCCN(C3CCC=CN3)CC2)CC1. The largest absolute Gasteiger partial charge is 0.376 e. The van der Waals surface area contributed by atoms with Gasteiger partial charge in [-0.1, -0.05) is 24.3 Å². The molecule has 150 valence electrons. The van der Waals surface area contributed by atoms with Crippen molar-refractivity contribution in [3.8, 4) is 0 Å². The summed E-state index contributed by atoms with van der Waals surface area (Å²) >= 11 is 6.48. The van der Waals surface area contributed by atoms with Gasteiger partial charge in [0.2, 0.25) is 0 Å². The van der Waals surface area contributed by atoms with Crippen LogP contribution in [0.1, 0.15) is 38.5 Å². The van der Waals surface area contributed by atoms with Crippen molar-refractivity contribution in [2.24, 2.45) is 0 Å². The molecule has 2 saturated heterocycles. The van der Waals surface area contributed by atoms with Crippen molar-refractivity contribution in [2.75, 3.05) is 45.8 Å². The van der Waals surface area contributed by atoms with Gasteiger partial charge < -0.3 is 5.32 Å². The van der Waals surface area contributed by atoms with Gasteiger partial charge in [-0.3, -0.25) is 14.7 Å². The van der Waals surface area contributed by atoms with Crippen LogP contribution in [0.15, 0.2) is 36.1 Å². The van der Waals surface area contributed by atoms with E-state index >= 15 is 0 Å². The monoisotopic (exact) mass is 390 g/mol. The van der Waals surface area contributed by atoms with Crippen molar-refractivity contribution in [1.82, 2.24) is 20.0 Å². The van der Waals surface area contributed by atoms with E-state index in [1.807, 2.05) is 0 Å². The van der Waals surface area contributed by atoms with Gasteiger partial charge in [0.25, 0.3) is 0 Å². The Bertz CT molecular complexity index is 565. The summed E-state index contributed by atoms with van der Waals surface area (Å²) in [4.78, 5) is 8.06. The van der Waals surface area contributed by atoms with Gasteiger partial charge in [-0.05, 0) is 69.9 Å². The van der Waals surface area contributed by atoms with Gasteiger partial charge in [-0.2, -0.15) is 0 Å². The number of hydrogen-bond acceptors (Lipinski definition) is 4. The molecule has 0 amide bonds. The minimum Gasteiger partial charge on any atom is -0.376 e. The third-order valence-electron chi connectivity index (χ3n) is 6.69. The van der Waals surface area contributed by atoms with E-state index in [-0.39, 0.29) is 5.38 Å². The van der Waals surface area contributed by atoms with E-state index in [9.17, 15) is 0 Å². The Labute approximate surface area is 169 Å². The summed E-state index contributed by atoms with van der Waals surface area (Å²) in [6, 6.07) is 0.771. The van der Waals surface area contributed by atoms with Gasteiger partial charge in [0.15, 0.2) is 0 Å². The topological polar surface area (TPSA) is 21.8 Å². The van der Waals surface area contributed by atoms with Crippen LogP contribution >= 0.6 is 11.6 Å². The zero-order valence-electron chi connectivity index (χ0n) is 16.5. The minimum absolute atomic E-state index is 0.201. The molecule has 0 saturated carbocycles. The second-order valence-electron chi connectivity index (χ2n) is 8.47. The summed E-state index contributed by atoms with van der Waals surface area (Å²) in [6.45, 7) is 8.42. The maximum Gasteiger partial charge on any atom is 0.0791 e. The highest BCUT2D eigenvalue weighted by molar-refractivity contribution is 6.22. The second kappa shape index (κ2) is 9.60. The number of piperidine rings is 1. The summed E-state index contributed by atoms with van der Waals surface area (Å²) in [6.07, 6.45) is 18.9. The Balaban J connectivity index is 1.23. The first-order valence-corrected chi connectivity index (χ1v) is 11.3. The lowest BCUT2D eigenvalue weighted by molar-refractivity contribution is 0.110. The van der Waals surface area contributed by atoms with Crippen LogP contribution in [0.25, 0.3) is 0 Å².